The Kier molecular flexibility index (Phi) is 4.79. The number of carbonyl (C=O) groups is 1. The van der Waals surface area contributed by atoms with Gasteiger partial charge in [0.25, 0.3) is 10.0 Å². The Morgan fingerprint density at radius 2 is 1.93 bits per heavy atom. The zero-order valence-corrected chi connectivity index (χ0v) is 15.1. The molecular weight excluding hydrogens is 378 g/mol. The van der Waals surface area contributed by atoms with Crippen LogP contribution in [-0.4, -0.2) is 30.8 Å². The van der Waals surface area contributed by atoms with Crippen molar-refractivity contribution in [1.82, 2.24) is 8.96 Å². The Balaban J connectivity index is 2.37. The van der Waals surface area contributed by atoms with Crippen LogP contribution in [0.4, 0.5) is 8.78 Å². The first-order valence-electron chi connectivity index (χ1n) is 7.68. The van der Waals surface area contributed by atoms with E-state index < -0.39 is 21.7 Å². The molecule has 0 aliphatic rings. The Labute approximate surface area is 154 Å². The summed E-state index contributed by atoms with van der Waals surface area (Å²) in [5, 5.41) is -0.290. The fourth-order valence-corrected chi connectivity index (χ4v) is 4.04. The number of aromatic nitrogens is 2. The van der Waals surface area contributed by atoms with Crippen LogP contribution in [0.25, 0.3) is 11.3 Å². The second kappa shape index (κ2) is 6.92. The third-order valence-corrected chi connectivity index (χ3v) is 5.42. The normalized spacial score (nSPS) is 11.4. The Bertz CT molecular complexity index is 1140. The molecule has 0 unspecified atom stereocenters. The van der Waals surface area contributed by atoms with Crippen LogP contribution >= 0.6 is 0 Å². The van der Waals surface area contributed by atoms with Gasteiger partial charge in [0.1, 0.15) is 17.3 Å². The summed E-state index contributed by atoms with van der Waals surface area (Å²) in [6.07, 6.45) is 1.41. The molecule has 0 aliphatic carbocycles. The lowest BCUT2D eigenvalue weighted by molar-refractivity contribution is 0.112. The van der Waals surface area contributed by atoms with Crippen LogP contribution in [0.15, 0.2) is 47.6 Å². The molecule has 0 atom stereocenters. The van der Waals surface area contributed by atoms with Crippen molar-refractivity contribution in [3.8, 4) is 17.0 Å². The standard InChI is InChI=1S/C18H14F2N2O4S/c1-11-4-3-5-16(21-11)27(24,25)22-9-12(10-23)18(26-2)17(22)14-7-6-13(19)8-15(14)20/h3-10H,1-2H3. The van der Waals surface area contributed by atoms with Gasteiger partial charge in [0.2, 0.25) is 0 Å². The summed E-state index contributed by atoms with van der Waals surface area (Å²) >= 11 is 0. The van der Waals surface area contributed by atoms with Gasteiger partial charge in [0.15, 0.2) is 17.1 Å². The summed E-state index contributed by atoms with van der Waals surface area (Å²) in [4.78, 5) is 15.4. The minimum Gasteiger partial charge on any atom is -0.494 e. The highest BCUT2D eigenvalue weighted by molar-refractivity contribution is 7.90. The van der Waals surface area contributed by atoms with Crippen molar-refractivity contribution in [1.29, 1.82) is 0 Å². The van der Waals surface area contributed by atoms with Gasteiger partial charge >= 0.3 is 0 Å². The zero-order chi connectivity index (χ0) is 19.8. The van der Waals surface area contributed by atoms with Crippen molar-refractivity contribution >= 4 is 16.3 Å². The van der Waals surface area contributed by atoms with Gasteiger partial charge in [-0.15, -0.1) is 0 Å². The van der Waals surface area contributed by atoms with Crippen molar-refractivity contribution in [2.24, 2.45) is 0 Å². The van der Waals surface area contributed by atoms with E-state index in [4.69, 9.17) is 4.74 Å². The van der Waals surface area contributed by atoms with Crippen LogP contribution in [0.1, 0.15) is 16.1 Å². The van der Waals surface area contributed by atoms with Gasteiger partial charge in [-0.25, -0.2) is 17.7 Å². The first-order chi connectivity index (χ1) is 12.8. The van der Waals surface area contributed by atoms with Crippen LogP contribution in [0.5, 0.6) is 5.75 Å². The van der Waals surface area contributed by atoms with Crippen molar-refractivity contribution in [2.75, 3.05) is 7.11 Å². The molecule has 2 heterocycles. The number of nitrogens with zero attached hydrogens (tertiary/aromatic N) is 2. The van der Waals surface area contributed by atoms with E-state index in [1.165, 1.54) is 19.2 Å². The highest BCUT2D eigenvalue weighted by Crippen LogP contribution is 2.38. The van der Waals surface area contributed by atoms with Gasteiger partial charge < -0.3 is 4.74 Å². The van der Waals surface area contributed by atoms with Gasteiger partial charge in [0.05, 0.1) is 12.7 Å². The molecule has 0 N–H and O–H groups in total. The molecule has 0 saturated carbocycles. The molecule has 0 saturated heterocycles. The molecule has 140 valence electrons. The lowest BCUT2D eigenvalue weighted by atomic mass is 10.1. The molecule has 9 heteroatoms. The molecule has 2 aromatic heterocycles. The topological polar surface area (TPSA) is 78.3 Å². The molecule has 3 rings (SSSR count). The Morgan fingerprint density at radius 1 is 1.19 bits per heavy atom. The van der Waals surface area contributed by atoms with Gasteiger partial charge in [-0.05, 0) is 31.2 Å². The minimum absolute atomic E-state index is 0.104. The third kappa shape index (κ3) is 3.21. The van der Waals surface area contributed by atoms with Gasteiger partial charge in [-0.2, -0.15) is 8.42 Å². The predicted octanol–water partition coefficient (Wildman–Crippen LogP) is 3.19. The fraction of sp³-hybridized carbons (Fsp3) is 0.111. The monoisotopic (exact) mass is 392 g/mol. The lowest BCUT2D eigenvalue weighted by Crippen LogP contribution is -2.15. The average molecular weight is 392 g/mol. The number of halogens is 2. The second-order valence-corrected chi connectivity index (χ2v) is 7.39. The summed E-state index contributed by atoms with van der Waals surface area (Å²) in [7, 11) is -3.07. The Morgan fingerprint density at radius 3 is 2.52 bits per heavy atom. The minimum atomic E-state index is -4.28. The van der Waals surface area contributed by atoms with Crippen LogP contribution in [0, 0.1) is 18.6 Å². The maximum atomic E-state index is 14.4. The molecule has 0 spiro atoms. The lowest BCUT2D eigenvalue weighted by Gasteiger charge is -2.12. The van der Waals surface area contributed by atoms with Gasteiger partial charge in [-0.3, -0.25) is 4.79 Å². The SMILES string of the molecule is COc1c(C=O)cn(S(=O)(=O)c2cccc(C)n2)c1-c1ccc(F)cc1F. The maximum absolute atomic E-state index is 14.4. The van der Waals surface area contributed by atoms with E-state index >= 15 is 0 Å². The molecule has 0 amide bonds. The molecule has 0 bridgehead atoms. The highest BCUT2D eigenvalue weighted by atomic mass is 32.2. The predicted molar refractivity (Wildman–Crippen MR) is 93.3 cm³/mol. The van der Waals surface area contributed by atoms with Crippen molar-refractivity contribution < 1.29 is 26.7 Å². The van der Waals surface area contributed by atoms with E-state index in [-0.39, 0.29) is 27.6 Å². The number of aldehydes is 1. The number of ether oxygens (including phenoxy) is 1. The molecule has 0 aliphatic heterocycles. The number of rotatable bonds is 5. The van der Waals surface area contributed by atoms with Crippen LogP contribution in [-0.2, 0) is 10.0 Å². The van der Waals surface area contributed by atoms with Crippen molar-refractivity contribution in [2.45, 2.75) is 11.9 Å². The second-order valence-electron chi connectivity index (χ2n) is 5.63. The fourth-order valence-electron chi connectivity index (χ4n) is 2.66. The zero-order valence-electron chi connectivity index (χ0n) is 14.3. The van der Waals surface area contributed by atoms with E-state index in [0.717, 1.165) is 18.3 Å². The number of carbonyl (C=O) groups excluding carboxylic acids is 1. The van der Waals surface area contributed by atoms with Gasteiger partial charge in [0, 0.05) is 23.5 Å². The number of hydrogen-bond acceptors (Lipinski definition) is 5. The Hall–Kier alpha value is -3.07. The average Bonchev–Trinajstić information content (AvgIpc) is 3.01. The summed E-state index contributed by atoms with van der Waals surface area (Å²) in [6.45, 7) is 1.62. The quantitative estimate of drug-likeness (QED) is 0.623. The number of pyridine rings is 1. The van der Waals surface area contributed by atoms with E-state index in [0.29, 0.717) is 22.0 Å². The summed E-state index contributed by atoms with van der Waals surface area (Å²) < 4.78 is 59.7. The smallest absolute Gasteiger partial charge is 0.285 e. The van der Waals surface area contributed by atoms with Crippen molar-refractivity contribution in [3.63, 3.8) is 0 Å². The maximum Gasteiger partial charge on any atom is 0.285 e. The van der Waals surface area contributed by atoms with Crippen LogP contribution < -0.4 is 4.74 Å². The summed E-state index contributed by atoms with van der Waals surface area (Å²) in [6, 6.07) is 7.08. The number of methoxy groups -OCH3 is 1. The summed E-state index contributed by atoms with van der Waals surface area (Å²) in [5.41, 5.74) is -0.120. The van der Waals surface area contributed by atoms with E-state index in [1.54, 1.807) is 13.0 Å². The molecule has 0 radical (unpaired) electrons. The van der Waals surface area contributed by atoms with Gasteiger partial charge in [-0.1, -0.05) is 6.07 Å². The first kappa shape index (κ1) is 18.7. The van der Waals surface area contributed by atoms with Crippen LogP contribution in [0.2, 0.25) is 0 Å². The number of hydrogen-bond donors (Lipinski definition) is 0. The van der Waals surface area contributed by atoms with E-state index in [2.05, 4.69) is 4.98 Å². The third-order valence-electron chi connectivity index (χ3n) is 3.86. The molecule has 1 aromatic carbocycles. The molecule has 6 nitrogen and oxygen atoms in total. The largest absolute Gasteiger partial charge is 0.494 e. The number of benzene rings is 1. The first-order valence-corrected chi connectivity index (χ1v) is 9.12. The van der Waals surface area contributed by atoms with Crippen LogP contribution in [0.3, 0.4) is 0 Å². The van der Waals surface area contributed by atoms with E-state index in [1.807, 2.05) is 0 Å². The van der Waals surface area contributed by atoms with E-state index in [9.17, 15) is 22.0 Å². The molecular formula is C18H14F2N2O4S. The highest BCUT2D eigenvalue weighted by Gasteiger charge is 2.29. The number of aryl methyl sites for hydroxylation is 1. The molecule has 27 heavy (non-hydrogen) atoms. The molecule has 0 fully saturated rings. The van der Waals surface area contributed by atoms with Crippen molar-refractivity contribution in [3.05, 3.63) is 65.5 Å². The molecule has 3 aromatic rings. The summed E-state index contributed by atoms with van der Waals surface area (Å²) in [5.74, 6) is -1.98.